The van der Waals surface area contributed by atoms with Gasteiger partial charge in [-0.3, -0.25) is 0 Å². The normalized spacial score (nSPS) is 14.2. The Hall–Kier alpha value is -0.670. The molecule has 1 aromatic rings. The summed E-state index contributed by atoms with van der Waals surface area (Å²) in [6, 6.07) is 9.58. The smallest absolute Gasteiger partial charge is 0.313 e. The van der Waals surface area contributed by atoms with Crippen molar-refractivity contribution < 1.29 is 14.4 Å². The van der Waals surface area contributed by atoms with Crippen molar-refractivity contribution in [1.82, 2.24) is 5.09 Å². The van der Waals surface area contributed by atoms with Crippen molar-refractivity contribution in [2.24, 2.45) is 17.8 Å². The molecule has 0 aromatic heterocycles. The fourth-order valence-corrected chi connectivity index (χ4v) is 3.75. The Labute approximate surface area is 121 Å². The van der Waals surface area contributed by atoms with E-state index in [9.17, 15) is 14.4 Å². The van der Waals surface area contributed by atoms with E-state index in [-0.39, 0.29) is 12.0 Å². The van der Waals surface area contributed by atoms with Crippen LogP contribution in [-0.2, 0) is 11.0 Å². The Morgan fingerprint density at radius 3 is 1.95 bits per heavy atom. The lowest BCUT2D eigenvalue weighted by Gasteiger charge is -2.34. The molecule has 0 fully saturated rings. The van der Waals surface area contributed by atoms with Crippen molar-refractivity contribution >= 4 is 7.75 Å². The average molecular weight is 299 g/mol. The van der Waals surface area contributed by atoms with Gasteiger partial charge in [-0.15, -0.1) is 0 Å². The highest BCUT2D eigenvalue weighted by Gasteiger charge is 2.31. The van der Waals surface area contributed by atoms with Crippen molar-refractivity contribution in [3.05, 3.63) is 35.9 Å². The molecule has 0 saturated carbocycles. The second-order valence-electron chi connectivity index (χ2n) is 6.03. The van der Waals surface area contributed by atoms with Crippen LogP contribution in [0.3, 0.4) is 0 Å². The summed E-state index contributed by atoms with van der Waals surface area (Å²) in [7, 11) is -4.24. The van der Waals surface area contributed by atoms with Crippen molar-refractivity contribution in [2.75, 3.05) is 0 Å². The van der Waals surface area contributed by atoms with Gasteiger partial charge in [-0.1, -0.05) is 58.0 Å². The molecule has 1 atom stereocenters. The van der Waals surface area contributed by atoms with Gasteiger partial charge in [0.2, 0.25) is 0 Å². The predicted molar refractivity (Wildman–Crippen MR) is 82.3 cm³/mol. The van der Waals surface area contributed by atoms with Crippen LogP contribution >= 0.6 is 7.75 Å². The number of nitrogens with one attached hydrogen (secondary N) is 1. The van der Waals surface area contributed by atoms with Crippen LogP contribution in [0.25, 0.3) is 0 Å². The molecule has 0 saturated heterocycles. The quantitative estimate of drug-likeness (QED) is 0.676. The highest BCUT2D eigenvalue weighted by atomic mass is 31.2. The van der Waals surface area contributed by atoms with E-state index >= 15 is 0 Å². The number of hydrogen-bond donors (Lipinski definition) is 3. The zero-order chi connectivity index (χ0) is 15.3. The van der Waals surface area contributed by atoms with Crippen molar-refractivity contribution in [2.45, 2.75) is 40.2 Å². The number of rotatable bonds is 7. The molecule has 0 spiro atoms. The van der Waals surface area contributed by atoms with Crippen LogP contribution in [0.15, 0.2) is 30.3 Å². The van der Waals surface area contributed by atoms with E-state index in [0.29, 0.717) is 18.3 Å². The van der Waals surface area contributed by atoms with E-state index < -0.39 is 7.75 Å². The third-order valence-corrected chi connectivity index (χ3v) is 4.30. The maximum Gasteiger partial charge on any atom is 0.400 e. The summed E-state index contributed by atoms with van der Waals surface area (Å²) >= 11 is 0. The van der Waals surface area contributed by atoms with Crippen LogP contribution in [0.1, 0.15) is 33.3 Å². The molecule has 5 heteroatoms. The van der Waals surface area contributed by atoms with Gasteiger partial charge < -0.3 is 9.79 Å². The summed E-state index contributed by atoms with van der Waals surface area (Å²) < 4.78 is 11.4. The van der Waals surface area contributed by atoms with E-state index in [0.717, 1.165) is 5.56 Å². The Morgan fingerprint density at radius 1 is 1.05 bits per heavy atom. The van der Waals surface area contributed by atoms with Crippen LogP contribution < -0.4 is 5.09 Å². The van der Waals surface area contributed by atoms with Gasteiger partial charge in [0.1, 0.15) is 0 Å². The molecule has 0 heterocycles. The SMILES string of the molecule is CC(C)C(C(C)C)[C@H](Cc1ccccc1)NP(=O)(O)O. The zero-order valence-electron chi connectivity index (χ0n) is 12.7. The van der Waals surface area contributed by atoms with Crippen LogP contribution in [0.5, 0.6) is 0 Å². The van der Waals surface area contributed by atoms with Crippen LogP contribution in [0, 0.1) is 17.8 Å². The molecule has 1 rings (SSSR count). The largest absolute Gasteiger partial charge is 0.400 e. The molecule has 0 amide bonds. The molecule has 0 unspecified atom stereocenters. The standard InChI is InChI=1S/C15H26NO3P/c1-11(2)15(12(3)4)14(16-20(17,18)19)10-13-8-6-5-7-9-13/h5-9,11-12,14-15H,10H2,1-4H3,(H3,16,17,18,19)/t14-/m0/s1. The van der Waals surface area contributed by atoms with Gasteiger partial charge in [0.05, 0.1) is 0 Å². The van der Waals surface area contributed by atoms with Crippen LogP contribution in [0.4, 0.5) is 0 Å². The topological polar surface area (TPSA) is 69.6 Å². The molecule has 4 nitrogen and oxygen atoms in total. The van der Waals surface area contributed by atoms with Gasteiger partial charge >= 0.3 is 7.75 Å². The monoisotopic (exact) mass is 299 g/mol. The molecule has 114 valence electrons. The molecule has 0 radical (unpaired) electrons. The van der Waals surface area contributed by atoms with Gasteiger partial charge in [-0.2, -0.15) is 0 Å². The van der Waals surface area contributed by atoms with Gasteiger partial charge in [-0.25, -0.2) is 9.65 Å². The first-order chi connectivity index (χ1) is 9.20. The summed E-state index contributed by atoms with van der Waals surface area (Å²) in [5, 5.41) is 2.53. The maximum absolute atomic E-state index is 11.4. The number of benzene rings is 1. The lowest BCUT2D eigenvalue weighted by atomic mass is 9.78. The Morgan fingerprint density at radius 2 is 1.55 bits per heavy atom. The van der Waals surface area contributed by atoms with Gasteiger partial charge in [-0.05, 0) is 29.7 Å². The molecular weight excluding hydrogens is 273 g/mol. The third kappa shape index (κ3) is 5.76. The Bertz CT molecular complexity index is 434. The fraction of sp³-hybridized carbons (Fsp3) is 0.600. The highest BCUT2D eigenvalue weighted by molar-refractivity contribution is 7.49. The van der Waals surface area contributed by atoms with E-state index in [1.54, 1.807) is 0 Å². The minimum atomic E-state index is -4.24. The number of hydrogen-bond acceptors (Lipinski definition) is 1. The summed E-state index contributed by atoms with van der Waals surface area (Å²) in [4.78, 5) is 18.6. The molecule has 3 N–H and O–H groups in total. The first-order valence-electron chi connectivity index (χ1n) is 7.08. The maximum atomic E-state index is 11.4. The van der Waals surface area contributed by atoms with Crippen LogP contribution in [0.2, 0.25) is 0 Å². The molecule has 0 bridgehead atoms. The second-order valence-corrected chi connectivity index (χ2v) is 7.38. The fourth-order valence-electron chi connectivity index (χ4n) is 3.05. The lowest BCUT2D eigenvalue weighted by Crippen LogP contribution is -2.41. The van der Waals surface area contributed by atoms with Crippen molar-refractivity contribution in [3.63, 3.8) is 0 Å². The Kier molecular flexibility index (Phi) is 6.41. The average Bonchev–Trinajstić information content (AvgIpc) is 2.26. The van der Waals surface area contributed by atoms with Crippen molar-refractivity contribution in [1.29, 1.82) is 0 Å². The van der Waals surface area contributed by atoms with E-state index in [4.69, 9.17) is 0 Å². The van der Waals surface area contributed by atoms with Gasteiger partial charge in [0.25, 0.3) is 0 Å². The summed E-state index contributed by atoms with van der Waals surface area (Å²) in [6.07, 6.45) is 0.618. The summed E-state index contributed by atoms with van der Waals surface area (Å²) in [6.45, 7) is 8.40. The first-order valence-corrected chi connectivity index (χ1v) is 8.69. The molecule has 1 aromatic carbocycles. The van der Waals surface area contributed by atoms with E-state index in [2.05, 4.69) is 32.8 Å². The lowest BCUT2D eigenvalue weighted by molar-refractivity contribution is 0.213. The molecule has 20 heavy (non-hydrogen) atoms. The third-order valence-electron chi connectivity index (χ3n) is 3.64. The molecule has 0 aliphatic rings. The summed E-state index contributed by atoms with van der Waals surface area (Å²) in [5.41, 5.74) is 1.09. The molecule has 0 aliphatic carbocycles. The van der Waals surface area contributed by atoms with Crippen LogP contribution in [-0.4, -0.2) is 15.8 Å². The first kappa shape index (κ1) is 17.4. The Balaban J connectivity index is 2.98. The highest BCUT2D eigenvalue weighted by Crippen LogP contribution is 2.35. The van der Waals surface area contributed by atoms with Gasteiger partial charge in [0, 0.05) is 6.04 Å². The molecular formula is C15H26NO3P. The zero-order valence-corrected chi connectivity index (χ0v) is 13.5. The van der Waals surface area contributed by atoms with Crippen molar-refractivity contribution in [3.8, 4) is 0 Å². The predicted octanol–water partition coefficient (Wildman–Crippen LogP) is 3.21. The minimum absolute atomic E-state index is 0.197. The summed E-state index contributed by atoms with van der Waals surface area (Å²) in [5.74, 6) is 0.897. The van der Waals surface area contributed by atoms with E-state index in [1.807, 2.05) is 30.3 Å². The second kappa shape index (κ2) is 7.37. The molecule has 0 aliphatic heterocycles. The van der Waals surface area contributed by atoms with E-state index in [1.165, 1.54) is 0 Å². The van der Waals surface area contributed by atoms with Gasteiger partial charge in [0.15, 0.2) is 0 Å². The minimum Gasteiger partial charge on any atom is -0.313 e.